The molecule has 0 spiro atoms. The molecule has 0 radical (unpaired) electrons. The molecule has 0 saturated carbocycles. The van der Waals surface area contributed by atoms with Gasteiger partial charge in [0.05, 0.1) is 18.3 Å². The van der Waals surface area contributed by atoms with E-state index in [-0.39, 0.29) is 24.2 Å². The van der Waals surface area contributed by atoms with Crippen molar-refractivity contribution < 1.29 is 14.3 Å². The van der Waals surface area contributed by atoms with E-state index < -0.39 is 0 Å². The lowest BCUT2D eigenvalue weighted by Gasteiger charge is -2.35. The van der Waals surface area contributed by atoms with Crippen LogP contribution in [0.2, 0.25) is 0 Å². The molecule has 1 aliphatic rings. The molecule has 1 fully saturated rings. The van der Waals surface area contributed by atoms with Gasteiger partial charge in [-0.15, -0.1) is 11.3 Å². The van der Waals surface area contributed by atoms with E-state index in [1.165, 1.54) is 11.3 Å². The number of nitrogens with one attached hydrogen (secondary N) is 1. The van der Waals surface area contributed by atoms with Gasteiger partial charge in [0.15, 0.2) is 5.13 Å². The third kappa shape index (κ3) is 5.76. The number of hydrogen-bond acceptors (Lipinski definition) is 6. The highest BCUT2D eigenvalue weighted by atomic mass is 32.1. The van der Waals surface area contributed by atoms with Crippen molar-refractivity contribution in [3.63, 3.8) is 0 Å². The van der Waals surface area contributed by atoms with Gasteiger partial charge in [0.1, 0.15) is 5.75 Å². The molecule has 7 heteroatoms. The van der Waals surface area contributed by atoms with Crippen LogP contribution in [0.1, 0.15) is 43.6 Å². The maximum absolute atomic E-state index is 12.7. The van der Waals surface area contributed by atoms with E-state index in [0.29, 0.717) is 16.4 Å². The highest BCUT2D eigenvalue weighted by molar-refractivity contribution is 7.13. The first-order chi connectivity index (χ1) is 12.9. The van der Waals surface area contributed by atoms with Crippen LogP contribution in [0.15, 0.2) is 29.8 Å². The number of amides is 1. The van der Waals surface area contributed by atoms with E-state index >= 15 is 0 Å². The number of rotatable bonds is 6. The number of thiazole rings is 1. The minimum absolute atomic E-state index is 0.0403. The molecule has 1 saturated heterocycles. The molecule has 2 unspecified atom stereocenters. The number of anilines is 1. The van der Waals surface area contributed by atoms with Gasteiger partial charge in [-0.3, -0.25) is 15.0 Å². The summed E-state index contributed by atoms with van der Waals surface area (Å²) in [5.41, 5.74) is 1.63. The lowest BCUT2D eigenvalue weighted by Crippen LogP contribution is -2.44. The summed E-state index contributed by atoms with van der Waals surface area (Å²) in [4.78, 5) is 19.1. The Kier molecular flexibility index (Phi) is 6.46. The number of aromatic nitrogens is 1. The Labute approximate surface area is 164 Å². The summed E-state index contributed by atoms with van der Waals surface area (Å²) in [6.07, 6.45) is 2.12. The monoisotopic (exact) mass is 389 g/mol. The van der Waals surface area contributed by atoms with E-state index in [1.807, 2.05) is 31.4 Å². The molecule has 146 valence electrons. The standard InChI is InChI=1S/C20H27N3O3S/c1-13(2)25-18-8-16(12-23-10-14(3)26-15(4)11-23)7-17(9-18)19(24)22-20-21-5-6-27-20/h5-9,13-15H,10-12H2,1-4H3,(H,21,22,24). The van der Waals surface area contributed by atoms with Gasteiger partial charge in [0, 0.05) is 36.8 Å². The summed E-state index contributed by atoms with van der Waals surface area (Å²) >= 11 is 1.40. The SMILES string of the molecule is CC(C)Oc1cc(CN2CC(C)OC(C)C2)cc(C(=O)Nc2nccs2)c1. The molecular formula is C20H27N3O3S. The van der Waals surface area contributed by atoms with Gasteiger partial charge in [-0.2, -0.15) is 0 Å². The third-order valence-corrected chi connectivity index (χ3v) is 4.84. The van der Waals surface area contributed by atoms with E-state index in [9.17, 15) is 4.79 Å². The van der Waals surface area contributed by atoms with Gasteiger partial charge >= 0.3 is 0 Å². The van der Waals surface area contributed by atoms with Crippen molar-refractivity contribution in [2.75, 3.05) is 18.4 Å². The van der Waals surface area contributed by atoms with Crippen LogP contribution in [-0.4, -0.2) is 47.2 Å². The fourth-order valence-electron chi connectivity index (χ4n) is 3.35. The molecule has 0 bridgehead atoms. The van der Waals surface area contributed by atoms with Gasteiger partial charge in [0.25, 0.3) is 5.91 Å². The second kappa shape index (κ2) is 8.82. The summed E-state index contributed by atoms with van der Waals surface area (Å²) < 4.78 is 11.7. The number of ether oxygens (including phenoxy) is 2. The lowest BCUT2D eigenvalue weighted by molar-refractivity contribution is -0.0705. The quantitative estimate of drug-likeness (QED) is 0.814. The summed E-state index contributed by atoms with van der Waals surface area (Å²) in [6, 6.07) is 5.74. The van der Waals surface area contributed by atoms with Crippen LogP contribution >= 0.6 is 11.3 Å². The molecule has 1 amide bonds. The van der Waals surface area contributed by atoms with Crippen molar-refractivity contribution in [3.05, 3.63) is 40.9 Å². The first kappa shape index (κ1) is 19.8. The first-order valence-corrected chi connectivity index (χ1v) is 10.2. The number of morpholine rings is 1. The van der Waals surface area contributed by atoms with Gasteiger partial charge in [-0.1, -0.05) is 0 Å². The zero-order valence-corrected chi connectivity index (χ0v) is 17.1. The highest BCUT2D eigenvalue weighted by Gasteiger charge is 2.22. The van der Waals surface area contributed by atoms with Gasteiger partial charge in [-0.05, 0) is 51.5 Å². The maximum Gasteiger partial charge on any atom is 0.257 e. The molecule has 1 aromatic carbocycles. The molecule has 3 rings (SSSR count). The number of carbonyl (C=O) groups excluding carboxylic acids is 1. The van der Waals surface area contributed by atoms with E-state index in [2.05, 4.69) is 29.0 Å². The molecule has 2 aromatic rings. The predicted molar refractivity (Wildman–Crippen MR) is 108 cm³/mol. The summed E-state index contributed by atoms with van der Waals surface area (Å²) in [5, 5.41) is 5.27. The molecule has 1 aromatic heterocycles. The molecule has 27 heavy (non-hydrogen) atoms. The molecular weight excluding hydrogens is 362 g/mol. The molecule has 2 atom stereocenters. The maximum atomic E-state index is 12.7. The zero-order chi connectivity index (χ0) is 19.4. The predicted octanol–water partition coefficient (Wildman–Crippen LogP) is 3.79. The second-order valence-electron chi connectivity index (χ2n) is 7.28. The van der Waals surface area contributed by atoms with Crippen LogP contribution in [-0.2, 0) is 11.3 Å². The molecule has 1 aliphatic heterocycles. The fraction of sp³-hybridized carbons (Fsp3) is 0.500. The van der Waals surface area contributed by atoms with Crippen LogP contribution < -0.4 is 10.1 Å². The Hall–Kier alpha value is -1.96. The number of hydrogen-bond donors (Lipinski definition) is 1. The molecule has 2 heterocycles. The third-order valence-electron chi connectivity index (χ3n) is 4.15. The van der Waals surface area contributed by atoms with E-state index in [1.54, 1.807) is 12.3 Å². The zero-order valence-electron chi connectivity index (χ0n) is 16.3. The van der Waals surface area contributed by atoms with Crippen LogP contribution in [0.3, 0.4) is 0 Å². The Morgan fingerprint density at radius 3 is 2.70 bits per heavy atom. The first-order valence-electron chi connectivity index (χ1n) is 9.28. The van der Waals surface area contributed by atoms with Crippen molar-refractivity contribution in [2.45, 2.75) is 52.6 Å². The number of nitrogens with zero attached hydrogens (tertiary/aromatic N) is 2. The second-order valence-corrected chi connectivity index (χ2v) is 8.17. The average Bonchev–Trinajstić information content (AvgIpc) is 3.05. The van der Waals surface area contributed by atoms with Crippen molar-refractivity contribution >= 4 is 22.4 Å². The molecule has 1 N–H and O–H groups in total. The molecule has 6 nitrogen and oxygen atoms in total. The largest absolute Gasteiger partial charge is 0.491 e. The molecule has 0 aliphatic carbocycles. The Morgan fingerprint density at radius 1 is 1.33 bits per heavy atom. The van der Waals surface area contributed by atoms with Crippen molar-refractivity contribution in [3.8, 4) is 5.75 Å². The highest BCUT2D eigenvalue weighted by Crippen LogP contribution is 2.23. The summed E-state index contributed by atoms with van der Waals surface area (Å²) in [5.74, 6) is 0.533. The normalized spacial score (nSPS) is 20.6. The van der Waals surface area contributed by atoms with E-state index in [4.69, 9.17) is 9.47 Å². The Bertz CT molecular complexity index is 754. The summed E-state index contributed by atoms with van der Waals surface area (Å²) in [6.45, 7) is 10.6. The van der Waals surface area contributed by atoms with Crippen molar-refractivity contribution in [1.29, 1.82) is 0 Å². The fourth-order valence-corrected chi connectivity index (χ4v) is 3.87. The number of benzene rings is 1. The lowest BCUT2D eigenvalue weighted by atomic mass is 10.1. The Morgan fingerprint density at radius 2 is 2.07 bits per heavy atom. The minimum Gasteiger partial charge on any atom is -0.491 e. The minimum atomic E-state index is -0.177. The van der Waals surface area contributed by atoms with Gasteiger partial charge in [-0.25, -0.2) is 4.98 Å². The van der Waals surface area contributed by atoms with Crippen molar-refractivity contribution in [1.82, 2.24) is 9.88 Å². The summed E-state index contributed by atoms with van der Waals surface area (Å²) in [7, 11) is 0. The van der Waals surface area contributed by atoms with Crippen LogP contribution in [0.4, 0.5) is 5.13 Å². The van der Waals surface area contributed by atoms with Crippen LogP contribution in [0, 0.1) is 0 Å². The van der Waals surface area contributed by atoms with Crippen LogP contribution in [0.25, 0.3) is 0 Å². The van der Waals surface area contributed by atoms with Crippen LogP contribution in [0.5, 0.6) is 5.75 Å². The van der Waals surface area contributed by atoms with Crippen molar-refractivity contribution in [2.24, 2.45) is 0 Å². The topological polar surface area (TPSA) is 63.7 Å². The Balaban J connectivity index is 1.80. The smallest absolute Gasteiger partial charge is 0.257 e. The van der Waals surface area contributed by atoms with Gasteiger partial charge < -0.3 is 9.47 Å². The van der Waals surface area contributed by atoms with E-state index in [0.717, 1.165) is 25.2 Å². The average molecular weight is 390 g/mol. The number of carbonyl (C=O) groups is 1. The van der Waals surface area contributed by atoms with Gasteiger partial charge in [0.2, 0.25) is 0 Å².